The van der Waals surface area contributed by atoms with Gasteiger partial charge in [0.25, 0.3) is 0 Å². The Bertz CT molecular complexity index is 947. The molecule has 2 aromatic carbocycles. The molecular formula is C21H25ClN2O4S. The number of ether oxygens (including phenoxy) is 1. The second-order valence-electron chi connectivity index (χ2n) is 6.93. The monoisotopic (exact) mass is 436 g/mol. The van der Waals surface area contributed by atoms with Gasteiger partial charge < -0.3 is 10.1 Å². The summed E-state index contributed by atoms with van der Waals surface area (Å²) in [5.41, 5.74) is 1.08. The molecule has 1 fully saturated rings. The van der Waals surface area contributed by atoms with Crippen LogP contribution in [0, 0.1) is 0 Å². The van der Waals surface area contributed by atoms with E-state index in [1.807, 2.05) is 24.3 Å². The number of hydrogen-bond acceptors (Lipinski definition) is 4. The zero-order chi connectivity index (χ0) is 20.9. The van der Waals surface area contributed by atoms with Crippen LogP contribution in [0.4, 0.5) is 0 Å². The Labute approximate surface area is 176 Å². The Kier molecular flexibility index (Phi) is 7.16. The molecule has 1 aliphatic heterocycles. The van der Waals surface area contributed by atoms with Gasteiger partial charge in [0.05, 0.1) is 12.0 Å². The van der Waals surface area contributed by atoms with Gasteiger partial charge in [0.15, 0.2) is 0 Å². The van der Waals surface area contributed by atoms with Gasteiger partial charge >= 0.3 is 0 Å². The van der Waals surface area contributed by atoms with Crippen LogP contribution in [0.3, 0.4) is 0 Å². The molecule has 0 aliphatic carbocycles. The van der Waals surface area contributed by atoms with Crippen LogP contribution >= 0.6 is 11.6 Å². The highest BCUT2D eigenvalue weighted by Gasteiger charge is 2.39. The molecule has 1 atom stereocenters. The van der Waals surface area contributed by atoms with Gasteiger partial charge in [-0.25, -0.2) is 8.42 Å². The van der Waals surface area contributed by atoms with E-state index in [9.17, 15) is 13.2 Å². The maximum Gasteiger partial charge on any atom is 0.243 e. The van der Waals surface area contributed by atoms with Crippen LogP contribution in [0.2, 0.25) is 5.02 Å². The van der Waals surface area contributed by atoms with E-state index in [0.717, 1.165) is 24.2 Å². The summed E-state index contributed by atoms with van der Waals surface area (Å²) >= 11 is 5.85. The van der Waals surface area contributed by atoms with E-state index >= 15 is 0 Å². The zero-order valence-corrected chi connectivity index (χ0v) is 17.9. The third kappa shape index (κ3) is 5.10. The third-order valence-corrected chi connectivity index (χ3v) is 7.22. The van der Waals surface area contributed by atoms with Crippen molar-refractivity contribution in [1.82, 2.24) is 9.62 Å². The molecule has 0 bridgehead atoms. The molecule has 0 saturated carbocycles. The summed E-state index contributed by atoms with van der Waals surface area (Å²) in [6.45, 7) is 0.812. The quantitative estimate of drug-likeness (QED) is 0.644. The molecule has 2 aromatic rings. The Hall–Kier alpha value is -2.09. The average Bonchev–Trinajstić information content (AvgIpc) is 3.22. The van der Waals surface area contributed by atoms with Crippen molar-refractivity contribution in [2.45, 2.75) is 36.6 Å². The Balaban J connectivity index is 1.58. The van der Waals surface area contributed by atoms with Gasteiger partial charge in [-0.2, -0.15) is 4.31 Å². The average molecular weight is 437 g/mol. The van der Waals surface area contributed by atoms with Crippen LogP contribution in [0.1, 0.15) is 24.8 Å². The van der Waals surface area contributed by atoms with Crippen molar-refractivity contribution in [1.29, 1.82) is 0 Å². The number of rotatable bonds is 8. The summed E-state index contributed by atoms with van der Waals surface area (Å²) in [5.74, 6) is 0.579. The number of aryl methyl sites for hydroxylation is 1. The summed E-state index contributed by atoms with van der Waals surface area (Å²) in [4.78, 5) is 12.8. The van der Waals surface area contributed by atoms with Gasteiger partial charge in [-0.1, -0.05) is 29.8 Å². The molecular weight excluding hydrogens is 412 g/mol. The number of para-hydroxylation sites is 1. The van der Waals surface area contributed by atoms with E-state index in [0.29, 0.717) is 31.0 Å². The second-order valence-corrected chi connectivity index (χ2v) is 9.26. The van der Waals surface area contributed by atoms with E-state index in [4.69, 9.17) is 16.3 Å². The minimum Gasteiger partial charge on any atom is -0.496 e. The first-order valence-electron chi connectivity index (χ1n) is 9.60. The Morgan fingerprint density at radius 1 is 1.21 bits per heavy atom. The summed E-state index contributed by atoms with van der Waals surface area (Å²) in [6.07, 6.45) is 2.68. The molecule has 3 rings (SSSR count). The number of sulfonamides is 1. The highest BCUT2D eigenvalue weighted by atomic mass is 35.5. The van der Waals surface area contributed by atoms with Gasteiger partial charge in [0.1, 0.15) is 11.8 Å². The van der Waals surface area contributed by atoms with Crippen molar-refractivity contribution < 1.29 is 17.9 Å². The lowest BCUT2D eigenvalue weighted by Gasteiger charge is -2.23. The van der Waals surface area contributed by atoms with Gasteiger partial charge in [-0.15, -0.1) is 0 Å². The largest absolute Gasteiger partial charge is 0.496 e. The predicted molar refractivity (Wildman–Crippen MR) is 113 cm³/mol. The molecule has 8 heteroatoms. The van der Waals surface area contributed by atoms with Gasteiger partial charge in [-0.3, -0.25) is 4.79 Å². The normalized spacial score (nSPS) is 17.2. The lowest BCUT2D eigenvalue weighted by molar-refractivity contribution is -0.124. The Morgan fingerprint density at radius 3 is 2.66 bits per heavy atom. The van der Waals surface area contributed by atoms with Crippen LogP contribution in [-0.4, -0.2) is 44.9 Å². The van der Waals surface area contributed by atoms with E-state index in [-0.39, 0.29) is 10.8 Å². The van der Waals surface area contributed by atoms with Crippen LogP contribution in [-0.2, 0) is 21.2 Å². The number of methoxy groups -OCH3 is 1. The summed E-state index contributed by atoms with van der Waals surface area (Å²) in [5, 5.41) is 3.36. The molecule has 156 valence electrons. The topological polar surface area (TPSA) is 75.7 Å². The lowest BCUT2D eigenvalue weighted by Crippen LogP contribution is -2.46. The fourth-order valence-electron chi connectivity index (χ4n) is 3.55. The van der Waals surface area contributed by atoms with Crippen LogP contribution in [0.5, 0.6) is 5.75 Å². The van der Waals surface area contributed by atoms with Gasteiger partial charge in [0.2, 0.25) is 15.9 Å². The SMILES string of the molecule is COc1ccccc1CCCNC(=O)C1CCCN1S(=O)(=O)c1ccc(Cl)cc1. The fourth-order valence-corrected chi connectivity index (χ4v) is 5.33. The summed E-state index contributed by atoms with van der Waals surface area (Å²) < 4.78 is 32.5. The van der Waals surface area contributed by atoms with E-state index in [1.165, 1.54) is 28.6 Å². The van der Waals surface area contributed by atoms with Crippen molar-refractivity contribution in [2.75, 3.05) is 20.2 Å². The number of halogens is 1. The van der Waals surface area contributed by atoms with E-state index in [1.54, 1.807) is 7.11 Å². The lowest BCUT2D eigenvalue weighted by atomic mass is 10.1. The maximum absolute atomic E-state index is 12.9. The first-order chi connectivity index (χ1) is 13.9. The number of nitrogens with one attached hydrogen (secondary N) is 1. The molecule has 0 radical (unpaired) electrons. The van der Waals surface area contributed by atoms with Crippen molar-refractivity contribution in [3.8, 4) is 5.75 Å². The number of nitrogens with zero attached hydrogens (tertiary/aromatic N) is 1. The van der Waals surface area contributed by atoms with Crippen molar-refractivity contribution in [3.63, 3.8) is 0 Å². The number of carbonyl (C=O) groups is 1. The standard InChI is InChI=1S/C21H25ClN2O4S/c1-28-20-9-3-2-6-16(20)7-4-14-23-21(25)19-8-5-15-24(19)29(26,27)18-12-10-17(22)11-13-18/h2-3,6,9-13,19H,4-5,7-8,14-15H2,1H3,(H,23,25). The van der Waals surface area contributed by atoms with Gasteiger partial charge in [0, 0.05) is 18.1 Å². The van der Waals surface area contributed by atoms with Crippen LogP contribution in [0.25, 0.3) is 0 Å². The number of benzene rings is 2. The number of amides is 1. The molecule has 1 amide bonds. The molecule has 1 N–H and O–H groups in total. The summed E-state index contributed by atoms with van der Waals surface area (Å²) in [7, 11) is -2.10. The van der Waals surface area contributed by atoms with Crippen LogP contribution < -0.4 is 10.1 Å². The predicted octanol–water partition coefficient (Wildman–Crippen LogP) is 3.25. The van der Waals surface area contributed by atoms with E-state index < -0.39 is 16.1 Å². The van der Waals surface area contributed by atoms with Gasteiger partial charge in [-0.05, 0) is 61.6 Å². The molecule has 0 aromatic heterocycles. The molecule has 29 heavy (non-hydrogen) atoms. The molecule has 0 spiro atoms. The Morgan fingerprint density at radius 2 is 1.93 bits per heavy atom. The highest BCUT2D eigenvalue weighted by Crippen LogP contribution is 2.27. The fraction of sp³-hybridized carbons (Fsp3) is 0.381. The van der Waals surface area contributed by atoms with Crippen molar-refractivity contribution >= 4 is 27.5 Å². The number of hydrogen-bond donors (Lipinski definition) is 1. The molecule has 1 aliphatic rings. The molecule has 1 saturated heterocycles. The minimum atomic E-state index is -3.73. The summed E-state index contributed by atoms with van der Waals surface area (Å²) in [6, 6.07) is 13.1. The maximum atomic E-state index is 12.9. The first kappa shape index (κ1) is 21.6. The smallest absolute Gasteiger partial charge is 0.243 e. The van der Waals surface area contributed by atoms with Crippen molar-refractivity contribution in [2.24, 2.45) is 0 Å². The molecule has 1 heterocycles. The number of carbonyl (C=O) groups excluding carboxylic acids is 1. The zero-order valence-electron chi connectivity index (χ0n) is 16.3. The second kappa shape index (κ2) is 9.61. The first-order valence-corrected chi connectivity index (χ1v) is 11.4. The minimum absolute atomic E-state index is 0.151. The van der Waals surface area contributed by atoms with Crippen LogP contribution in [0.15, 0.2) is 53.4 Å². The third-order valence-electron chi connectivity index (χ3n) is 5.04. The highest BCUT2D eigenvalue weighted by molar-refractivity contribution is 7.89. The molecule has 1 unspecified atom stereocenters. The molecule has 6 nitrogen and oxygen atoms in total. The van der Waals surface area contributed by atoms with E-state index in [2.05, 4.69) is 5.32 Å². The van der Waals surface area contributed by atoms with Crippen molar-refractivity contribution in [3.05, 3.63) is 59.1 Å².